The van der Waals surface area contributed by atoms with E-state index in [1.807, 2.05) is 26.8 Å². The van der Waals surface area contributed by atoms with Crippen molar-refractivity contribution < 1.29 is 13.2 Å². The molecule has 0 atom stereocenters. The van der Waals surface area contributed by atoms with Crippen LogP contribution in [0, 0.1) is 20.8 Å². The van der Waals surface area contributed by atoms with E-state index >= 15 is 0 Å². The Morgan fingerprint density at radius 3 is 2.23 bits per heavy atom. The fourth-order valence-electron chi connectivity index (χ4n) is 4.12. The minimum atomic E-state index is -3.78. The summed E-state index contributed by atoms with van der Waals surface area (Å²) in [7, 11) is -1.68. The summed E-state index contributed by atoms with van der Waals surface area (Å²) < 4.78 is 28.7. The number of amides is 1. The first-order chi connectivity index (χ1) is 14.7. The SMILES string of the molecule is Cc1cc(C)c(S(=O)(=O)N(CCN2CCN(C)CC2)CC(=O)N2CCNCC2)cc1C. The van der Waals surface area contributed by atoms with E-state index < -0.39 is 10.0 Å². The molecule has 31 heavy (non-hydrogen) atoms. The first-order valence-electron chi connectivity index (χ1n) is 11.2. The van der Waals surface area contributed by atoms with Crippen molar-refractivity contribution in [3.8, 4) is 0 Å². The minimum absolute atomic E-state index is 0.109. The van der Waals surface area contributed by atoms with Crippen LogP contribution in [0.15, 0.2) is 17.0 Å². The number of carbonyl (C=O) groups is 1. The first-order valence-corrected chi connectivity index (χ1v) is 12.6. The van der Waals surface area contributed by atoms with Gasteiger partial charge in [-0.05, 0) is 50.6 Å². The molecule has 2 aliphatic rings. The Labute approximate surface area is 187 Å². The standard InChI is InChI=1S/C22H37N5O3S/c1-18-15-20(3)21(16-19(18)2)31(29,30)27(14-13-25-11-9-24(4)10-12-25)17-22(28)26-7-5-23-6-8-26/h15-16,23H,5-14,17H2,1-4H3. The molecule has 1 N–H and O–H groups in total. The highest BCUT2D eigenvalue weighted by Gasteiger charge is 2.31. The lowest BCUT2D eigenvalue weighted by Crippen LogP contribution is -2.52. The molecule has 8 nitrogen and oxygen atoms in total. The topological polar surface area (TPSA) is 76.2 Å². The highest BCUT2D eigenvalue weighted by Crippen LogP contribution is 2.24. The van der Waals surface area contributed by atoms with E-state index in [-0.39, 0.29) is 12.5 Å². The predicted molar refractivity (Wildman–Crippen MR) is 123 cm³/mol. The summed E-state index contributed by atoms with van der Waals surface area (Å²) in [6, 6.07) is 3.66. The molecule has 174 valence electrons. The van der Waals surface area contributed by atoms with Gasteiger partial charge in [-0.2, -0.15) is 4.31 Å². The van der Waals surface area contributed by atoms with Crippen LogP contribution in [0.4, 0.5) is 0 Å². The quantitative estimate of drug-likeness (QED) is 0.642. The van der Waals surface area contributed by atoms with Crippen molar-refractivity contribution in [1.82, 2.24) is 24.3 Å². The highest BCUT2D eigenvalue weighted by atomic mass is 32.2. The number of nitrogens with zero attached hydrogens (tertiary/aromatic N) is 4. The monoisotopic (exact) mass is 451 g/mol. The van der Waals surface area contributed by atoms with Crippen molar-refractivity contribution in [1.29, 1.82) is 0 Å². The average Bonchev–Trinajstić information content (AvgIpc) is 2.75. The Morgan fingerprint density at radius 2 is 1.58 bits per heavy atom. The van der Waals surface area contributed by atoms with Crippen LogP contribution in [0.5, 0.6) is 0 Å². The molecule has 2 aliphatic heterocycles. The maximum atomic E-state index is 13.7. The van der Waals surface area contributed by atoms with Crippen LogP contribution < -0.4 is 5.32 Å². The fourth-order valence-corrected chi connectivity index (χ4v) is 5.80. The lowest BCUT2D eigenvalue weighted by Gasteiger charge is -2.34. The van der Waals surface area contributed by atoms with Crippen molar-refractivity contribution >= 4 is 15.9 Å². The molecule has 9 heteroatoms. The summed E-state index contributed by atoms with van der Waals surface area (Å²) in [6.07, 6.45) is 0. The van der Waals surface area contributed by atoms with E-state index in [0.29, 0.717) is 31.1 Å². The number of nitrogens with one attached hydrogen (secondary N) is 1. The van der Waals surface area contributed by atoms with Crippen molar-refractivity contribution in [2.24, 2.45) is 0 Å². The second-order valence-corrected chi connectivity index (χ2v) is 10.7. The van der Waals surface area contributed by atoms with Gasteiger partial charge in [0.15, 0.2) is 0 Å². The van der Waals surface area contributed by atoms with Crippen LogP contribution in [0.2, 0.25) is 0 Å². The molecular formula is C22H37N5O3S. The van der Waals surface area contributed by atoms with E-state index in [1.165, 1.54) is 4.31 Å². The van der Waals surface area contributed by atoms with Gasteiger partial charge in [-0.1, -0.05) is 6.07 Å². The summed E-state index contributed by atoms with van der Waals surface area (Å²) in [5.41, 5.74) is 2.73. The lowest BCUT2D eigenvalue weighted by atomic mass is 10.1. The van der Waals surface area contributed by atoms with Crippen LogP contribution in [-0.4, -0.2) is 112 Å². The average molecular weight is 452 g/mol. The van der Waals surface area contributed by atoms with Crippen LogP contribution >= 0.6 is 0 Å². The number of rotatable bonds is 7. The summed E-state index contributed by atoms with van der Waals surface area (Å²) >= 11 is 0. The highest BCUT2D eigenvalue weighted by molar-refractivity contribution is 7.89. The number of aryl methyl sites for hydroxylation is 3. The zero-order chi connectivity index (χ0) is 22.6. The molecule has 2 saturated heterocycles. The zero-order valence-corrected chi connectivity index (χ0v) is 20.2. The molecule has 2 fully saturated rings. The molecule has 1 aromatic carbocycles. The molecular weight excluding hydrogens is 414 g/mol. The van der Waals surface area contributed by atoms with Gasteiger partial charge in [-0.25, -0.2) is 8.42 Å². The van der Waals surface area contributed by atoms with E-state index in [4.69, 9.17) is 0 Å². The van der Waals surface area contributed by atoms with Crippen LogP contribution in [-0.2, 0) is 14.8 Å². The Balaban J connectivity index is 1.81. The third-order valence-electron chi connectivity index (χ3n) is 6.45. The normalized spacial score (nSPS) is 19.2. The minimum Gasteiger partial charge on any atom is -0.339 e. The second-order valence-electron chi connectivity index (χ2n) is 8.82. The summed E-state index contributed by atoms with van der Waals surface area (Å²) in [5, 5.41) is 3.23. The molecule has 0 unspecified atom stereocenters. The van der Waals surface area contributed by atoms with Crippen molar-refractivity contribution in [2.45, 2.75) is 25.7 Å². The lowest BCUT2D eigenvalue weighted by molar-refractivity contribution is -0.132. The maximum absolute atomic E-state index is 13.7. The van der Waals surface area contributed by atoms with Gasteiger partial charge in [-0.15, -0.1) is 0 Å². The van der Waals surface area contributed by atoms with Gasteiger partial charge in [0, 0.05) is 65.4 Å². The van der Waals surface area contributed by atoms with Crippen LogP contribution in [0.1, 0.15) is 16.7 Å². The number of likely N-dealkylation sites (N-methyl/N-ethyl adjacent to an activating group) is 1. The van der Waals surface area contributed by atoms with Gasteiger partial charge in [0.05, 0.1) is 11.4 Å². The number of hydrogen-bond acceptors (Lipinski definition) is 6. The number of carbonyl (C=O) groups excluding carboxylic acids is 1. The largest absolute Gasteiger partial charge is 0.339 e. The Hall–Kier alpha value is -1.52. The smallest absolute Gasteiger partial charge is 0.243 e. The molecule has 3 rings (SSSR count). The van der Waals surface area contributed by atoms with Gasteiger partial charge >= 0.3 is 0 Å². The van der Waals surface area contributed by atoms with E-state index in [9.17, 15) is 13.2 Å². The Kier molecular flexibility index (Phi) is 8.09. The molecule has 2 heterocycles. The van der Waals surface area contributed by atoms with Crippen LogP contribution in [0.25, 0.3) is 0 Å². The van der Waals surface area contributed by atoms with E-state index in [0.717, 1.165) is 56.0 Å². The number of hydrogen-bond donors (Lipinski definition) is 1. The van der Waals surface area contributed by atoms with Gasteiger partial charge < -0.3 is 15.1 Å². The van der Waals surface area contributed by atoms with E-state index in [2.05, 4.69) is 22.2 Å². The number of sulfonamides is 1. The van der Waals surface area contributed by atoms with Gasteiger partial charge in [-0.3, -0.25) is 9.69 Å². The fraction of sp³-hybridized carbons (Fsp3) is 0.682. The first kappa shape index (κ1) is 24.1. The molecule has 0 aromatic heterocycles. The summed E-state index contributed by atoms with van der Waals surface area (Å²) in [6.45, 7) is 13.1. The Morgan fingerprint density at radius 1 is 0.968 bits per heavy atom. The summed E-state index contributed by atoms with van der Waals surface area (Å²) in [4.78, 5) is 19.6. The van der Waals surface area contributed by atoms with Crippen molar-refractivity contribution in [3.63, 3.8) is 0 Å². The second kappa shape index (κ2) is 10.4. The van der Waals surface area contributed by atoms with Gasteiger partial charge in [0.2, 0.25) is 15.9 Å². The molecule has 0 spiro atoms. The molecule has 0 saturated carbocycles. The van der Waals surface area contributed by atoms with Crippen LogP contribution in [0.3, 0.4) is 0 Å². The van der Waals surface area contributed by atoms with Gasteiger partial charge in [0.25, 0.3) is 0 Å². The van der Waals surface area contributed by atoms with Crippen molar-refractivity contribution in [3.05, 3.63) is 28.8 Å². The summed E-state index contributed by atoms with van der Waals surface area (Å²) in [5.74, 6) is -0.120. The predicted octanol–water partition coefficient (Wildman–Crippen LogP) is 0.282. The maximum Gasteiger partial charge on any atom is 0.243 e. The number of benzene rings is 1. The molecule has 1 aromatic rings. The Bertz CT molecular complexity index is 875. The zero-order valence-electron chi connectivity index (χ0n) is 19.4. The third-order valence-corrected chi connectivity index (χ3v) is 8.44. The van der Waals surface area contributed by atoms with Crippen molar-refractivity contribution in [2.75, 3.05) is 79.0 Å². The molecule has 0 bridgehead atoms. The van der Waals surface area contributed by atoms with Gasteiger partial charge in [0.1, 0.15) is 0 Å². The van der Waals surface area contributed by atoms with E-state index in [1.54, 1.807) is 11.0 Å². The molecule has 0 radical (unpaired) electrons. The molecule has 1 amide bonds. The molecule has 0 aliphatic carbocycles. The number of piperazine rings is 2. The third kappa shape index (κ3) is 6.04.